The van der Waals surface area contributed by atoms with E-state index in [1.165, 1.54) is 19.3 Å². The molecule has 9 rings (SSSR count). The van der Waals surface area contributed by atoms with Gasteiger partial charge in [-0.25, -0.2) is 4.79 Å². The second kappa shape index (κ2) is 14.4. The number of aryl methyl sites for hydroxylation is 1. The van der Waals surface area contributed by atoms with Gasteiger partial charge in [-0.1, -0.05) is 96.8 Å². The number of ether oxygens (including phenoxy) is 2. The fourth-order valence-electron chi connectivity index (χ4n) is 9.22. The van der Waals surface area contributed by atoms with Gasteiger partial charge in [0.05, 0.1) is 18.8 Å². The van der Waals surface area contributed by atoms with Gasteiger partial charge < -0.3 is 25.2 Å². The maximum Gasteiger partial charge on any atom is 0.315 e. The number of hydrogen-bond donors (Lipinski definition) is 3. The maximum absolute atomic E-state index is 13.1. The van der Waals surface area contributed by atoms with Gasteiger partial charge in [0.15, 0.2) is 10.6 Å². The molecule has 5 aliphatic rings. The Kier molecular flexibility index (Phi) is 9.74. The van der Waals surface area contributed by atoms with E-state index in [0.717, 1.165) is 85.5 Å². The van der Waals surface area contributed by atoms with Gasteiger partial charge >= 0.3 is 6.03 Å². The van der Waals surface area contributed by atoms with Crippen molar-refractivity contribution in [2.45, 2.75) is 93.9 Å². The first kappa shape index (κ1) is 33.8. The van der Waals surface area contributed by atoms with E-state index in [9.17, 15) is 9.90 Å². The zero-order valence-corrected chi connectivity index (χ0v) is 30.3. The van der Waals surface area contributed by atoms with Crippen molar-refractivity contribution in [2.75, 3.05) is 5.75 Å². The molecule has 8 nitrogen and oxygen atoms in total. The van der Waals surface area contributed by atoms with Crippen LogP contribution in [0.4, 0.5) is 4.79 Å². The fourth-order valence-corrected chi connectivity index (χ4v) is 11.2. The number of hydrogen-bond acceptors (Lipinski definition) is 8. The summed E-state index contributed by atoms with van der Waals surface area (Å²) in [6, 6.07) is 24.8. The molecule has 262 valence electrons. The van der Waals surface area contributed by atoms with E-state index in [0.29, 0.717) is 6.54 Å². The molecule has 4 saturated carbocycles. The van der Waals surface area contributed by atoms with E-state index in [1.54, 1.807) is 23.1 Å². The van der Waals surface area contributed by atoms with Gasteiger partial charge in [0.1, 0.15) is 5.01 Å². The standard InChI is InChI=1S/C40H46N4O4S2/c1-24-35(23-49-39-44-43-25(2)50-39)47-37(48-36(24)32-8-6-26(22-45)7-9-32)33-12-10-31(11-13-33)34-5-3-4-27(17-34)21-41-38(46)42-40-18-28-14-29(19-40)16-30(15-28)20-40/h3-13,17,24,28-30,35-37,45H,14-16,18-23H2,1-2H3,(H2,41,42,46)/t24-,28?,29?,30?,35+,36+,37+,40?/m0/s1. The molecule has 0 unspecified atom stereocenters. The van der Waals surface area contributed by atoms with Crippen molar-refractivity contribution >= 4 is 29.1 Å². The highest BCUT2D eigenvalue weighted by Crippen LogP contribution is 2.55. The number of nitrogens with one attached hydrogen (secondary N) is 2. The Morgan fingerprint density at radius 1 is 0.900 bits per heavy atom. The highest BCUT2D eigenvalue weighted by atomic mass is 32.2. The first-order valence-electron chi connectivity index (χ1n) is 18.0. The monoisotopic (exact) mass is 710 g/mol. The van der Waals surface area contributed by atoms with Crippen LogP contribution in [-0.4, -0.2) is 38.7 Å². The van der Waals surface area contributed by atoms with Crippen molar-refractivity contribution in [3.63, 3.8) is 0 Å². The quantitative estimate of drug-likeness (QED) is 0.142. The summed E-state index contributed by atoms with van der Waals surface area (Å²) in [4.78, 5) is 13.1. The van der Waals surface area contributed by atoms with Crippen molar-refractivity contribution in [1.29, 1.82) is 0 Å². The molecule has 3 N–H and O–H groups in total. The van der Waals surface area contributed by atoms with Crippen LogP contribution < -0.4 is 10.6 Å². The van der Waals surface area contributed by atoms with E-state index in [2.05, 4.69) is 76.3 Å². The summed E-state index contributed by atoms with van der Waals surface area (Å²) in [6.07, 6.45) is 6.75. The van der Waals surface area contributed by atoms with Crippen molar-refractivity contribution in [2.24, 2.45) is 23.7 Å². The number of carbonyl (C=O) groups is 1. The number of aliphatic hydroxyl groups excluding tert-OH is 1. The summed E-state index contributed by atoms with van der Waals surface area (Å²) in [5.41, 5.74) is 6.17. The Hall–Kier alpha value is -3.28. The summed E-state index contributed by atoms with van der Waals surface area (Å²) < 4.78 is 14.3. The predicted molar refractivity (Wildman–Crippen MR) is 196 cm³/mol. The molecule has 50 heavy (non-hydrogen) atoms. The molecule has 4 bridgehead atoms. The van der Waals surface area contributed by atoms with Crippen molar-refractivity contribution in [3.05, 3.63) is 100 Å². The van der Waals surface area contributed by atoms with Crippen LogP contribution in [0.25, 0.3) is 11.1 Å². The minimum absolute atomic E-state index is 0.00747. The van der Waals surface area contributed by atoms with Crippen LogP contribution in [-0.2, 0) is 22.6 Å². The molecule has 4 atom stereocenters. The van der Waals surface area contributed by atoms with Crippen LogP contribution >= 0.6 is 23.1 Å². The number of thioether (sulfide) groups is 1. The van der Waals surface area contributed by atoms with Crippen molar-refractivity contribution < 1.29 is 19.4 Å². The highest BCUT2D eigenvalue weighted by Gasteiger charge is 2.51. The normalized spacial score (nSPS) is 29.9. The fraction of sp³-hybridized carbons (Fsp3) is 0.475. The Balaban J connectivity index is 0.933. The molecule has 1 aromatic heterocycles. The lowest BCUT2D eigenvalue weighted by Gasteiger charge is -2.56. The molecule has 4 aliphatic carbocycles. The topological polar surface area (TPSA) is 106 Å². The minimum atomic E-state index is -0.535. The molecule has 1 saturated heterocycles. The first-order valence-corrected chi connectivity index (χ1v) is 19.8. The van der Waals surface area contributed by atoms with E-state index in [4.69, 9.17) is 9.47 Å². The highest BCUT2D eigenvalue weighted by molar-refractivity contribution is 8.01. The van der Waals surface area contributed by atoms with Gasteiger partial charge in [0, 0.05) is 29.3 Å². The Morgan fingerprint density at radius 2 is 1.60 bits per heavy atom. The lowest BCUT2D eigenvalue weighted by Crippen LogP contribution is -2.61. The number of aromatic nitrogens is 2. The summed E-state index contributed by atoms with van der Waals surface area (Å²) in [6.45, 7) is 4.64. The van der Waals surface area contributed by atoms with Crippen LogP contribution in [0, 0.1) is 30.6 Å². The van der Waals surface area contributed by atoms with Crippen LogP contribution in [0.3, 0.4) is 0 Å². The number of benzene rings is 3. The van der Waals surface area contributed by atoms with Crippen molar-refractivity contribution in [3.8, 4) is 11.1 Å². The van der Waals surface area contributed by atoms with Crippen molar-refractivity contribution in [1.82, 2.24) is 20.8 Å². The molecule has 5 fully saturated rings. The number of aliphatic hydroxyl groups is 1. The van der Waals surface area contributed by atoms with E-state index in [-0.39, 0.29) is 36.3 Å². The van der Waals surface area contributed by atoms with E-state index >= 15 is 0 Å². The molecular weight excluding hydrogens is 665 g/mol. The zero-order chi connectivity index (χ0) is 34.2. The SMILES string of the molecule is Cc1nnc(SC[C@H]2O[C@@H](c3ccc(-c4cccc(CNC(=O)NC56CC7CC(CC(C7)C5)C6)c4)cc3)O[C@@H](c3ccc(CO)cc3)[C@H]2C)s1. The maximum atomic E-state index is 13.1. The van der Waals surface area contributed by atoms with Gasteiger partial charge in [0.25, 0.3) is 0 Å². The first-order chi connectivity index (χ1) is 24.3. The lowest BCUT2D eigenvalue weighted by atomic mass is 9.53. The average Bonchev–Trinajstić information content (AvgIpc) is 3.54. The van der Waals surface area contributed by atoms with E-state index < -0.39 is 6.29 Å². The third-order valence-electron chi connectivity index (χ3n) is 11.3. The molecule has 3 aromatic carbocycles. The molecule has 10 heteroatoms. The molecule has 0 radical (unpaired) electrons. The molecule has 0 spiro atoms. The summed E-state index contributed by atoms with van der Waals surface area (Å²) in [5, 5.41) is 25.6. The summed E-state index contributed by atoms with van der Waals surface area (Å²) >= 11 is 3.27. The third kappa shape index (κ3) is 7.37. The van der Waals surface area contributed by atoms with Gasteiger partial charge in [0.2, 0.25) is 0 Å². The van der Waals surface area contributed by atoms with Crippen LogP contribution in [0.2, 0.25) is 0 Å². The second-order valence-corrected chi connectivity index (χ2v) is 17.5. The van der Waals surface area contributed by atoms with Gasteiger partial charge in [-0.3, -0.25) is 0 Å². The zero-order valence-electron chi connectivity index (χ0n) is 28.7. The number of urea groups is 1. The van der Waals surface area contributed by atoms with Gasteiger partial charge in [-0.2, -0.15) is 0 Å². The largest absolute Gasteiger partial charge is 0.392 e. The minimum Gasteiger partial charge on any atom is -0.392 e. The number of amides is 2. The average molecular weight is 711 g/mol. The van der Waals surface area contributed by atoms with Gasteiger partial charge in [-0.05, 0) is 97.1 Å². The summed E-state index contributed by atoms with van der Waals surface area (Å²) in [7, 11) is 0. The van der Waals surface area contributed by atoms with E-state index in [1.807, 2.05) is 31.2 Å². The summed E-state index contributed by atoms with van der Waals surface area (Å²) in [5.74, 6) is 3.23. The van der Waals surface area contributed by atoms with Crippen LogP contribution in [0.1, 0.15) is 85.1 Å². The lowest BCUT2D eigenvalue weighted by molar-refractivity contribution is -0.268. The predicted octanol–water partition coefficient (Wildman–Crippen LogP) is 8.36. The van der Waals surface area contributed by atoms with Crippen LogP contribution in [0.15, 0.2) is 77.1 Å². The smallest absolute Gasteiger partial charge is 0.315 e. The third-order valence-corrected chi connectivity index (χ3v) is 13.4. The Morgan fingerprint density at radius 3 is 2.26 bits per heavy atom. The number of carbonyl (C=O) groups excluding carboxylic acids is 1. The van der Waals surface area contributed by atoms with Crippen LogP contribution in [0.5, 0.6) is 0 Å². The number of nitrogens with zero attached hydrogens (tertiary/aromatic N) is 2. The molecule has 2 heterocycles. The number of rotatable bonds is 10. The second-order valence-electron chi connectivity index (χ2n) is 15.0. The molecule has 1 aliphatic heterocycles. The molecule has 2 amide bonds. The Labute approximate surface area is 302 Å². The molecular formula is C40H46N4O4S2. The molecule has 4 aromatic rings. The van der Waals surface area contributed by atoms with Gasteiger partial charge in [-0.15, -0.1) is 10.2 Å². The Bertz CT molecular complexity index is 1760.